The van der Waals surface area contributed by atoms with Crippen LogP contribution >= 0.6 is 0 Å². The third-order valence-corrected chi connectivity index (χ3v) is 3.43. The van der Waals surface area contributed by atoms with E-state index in [-0.39, 0.29) is 5.82 Å². The molecule has 3 heteroatoms. The molecule has 0 aromatic heterocycles. The van der Waals surface area contributed by atoms with Gasteiger partial charge in [-0.2, -0.15) is 0 Å². The van der Waals surface area contributed by atoms with Gasteiger partial charge in [0, 0.05) is 24.8 Å². The van der Waals surface area contributed by atoms with E-state index < -0.39 is 0 Å². The summed E-state index contributed by atoms with van der Waals surface area (Å²) in [5, 5.41) is 3.47. The molecule has 1 fully saturated rings. The Kier molecular flexibility index (Phi) is 4.22. The van der Waals surface area contributed by atoms with Gasteiger partial charge in [0.25, 0.3) is 0 Å². The van der Waals surface area contributed by atoms with Crippen molar-refractivity contribution in [3.63, 3.8) is 0 Å². The Morgan fingerprint density at radius 2 is 2.17 bits per heavy atom. The Morgan fingerprint density at radius 3 is 2.78 bits per heavy atom. The number of piperidine rings is 1. The number of hydrogen-bond donors (Lipinski definition) is 1. The van der Waals surface area contributed by atoms with E-state index in [4.69, 9.17) is 6.42 Å². The topological polar surface area (TPSA) is 15.3 Å². The Balaban J connectivity index is 1.88. The van der Waals surface area contributed by atoms with Crippen molar-refractivity contribution in [2.45, 2.75) is 25.8 Å². The van der Waals surface area contributed by atoms with Gasteiger partial charge in [0.05, 0.1) is 6.54 Å². The molecule has 0 saturated carbocycles. The summed E-state index contributed by atoms with van der Waals surface area (Å²) in [5.74, 6) is 2.53. The van der Waals surface area contributed by atoms with Crippen molar-refractivity contribution in [3.8, 4) is 12.3 Å². The highest BCUT2D eigenvalue weighted by Gasteiger charge is 2.18. The zero-order valence-electron chi connectivity index (χ0n) is 10.7. The fourth-order valence-corrected chi connectivity index (χ4v) is 2.33. The number of rotatable bonds is 3. The first-order chi connectivity index (χ1) is 8.69. The Morgan fingerprint density at radius 1 is 1.44 bits per heavy atom. The lowest BCUT2D eigenvalue weighted by Gasteiger charge is -2.31. The first-order valence-corrected chi connectivity index (χ1v) is 6.37. The second-order valence-corrected chi connectivity index (χ2v) is 4.86. The summed E-state index contributed by atoms with van der Waals surface area (Å²) in [6, 6.07) is 5.65. The average molecular weight is 246 g/mol. The zero-order chi connectivity index (χ0) is 13.0. The number of hydrogen-bond acceptors (Lipinski definition) is 2. The molecule has 2 rings (SSSR count). The van der Waals surface area contributed by atoms with Gasteiger partial charge in [0.1, 0.15) is 5.82 Å². The molecule has 18 heavy (non-hydrogen) atoms. The van der Waals surface area contributed by atoms with Crippen LogP contribution in [0.4, 0.5) is 10.1 Å². The van der Waals surface area contributed by atoms with Crippen LogP contribution in [0.15, 0.2) is 18.2 Å². The number of benzene rings is 1. The number of terminal acetylenes is 1. The lowest BCUT2D eigenvalue weighted by Crippen LogP contribution is -2.39. The lowest BCUT2D eigenvalue weighted by atomic mass is 10.0. The molecule has 0 aliphatic carbocycles. The van der Waals surface area contributed by atoms with E-state index in [0.717, 1.165) is 38.2 Å². The third kappa shape index (κ3) is 3.24. The number of anilines is 1. The molecule has 1 heterocycles. The molecule has 1 N–H and O–H groups in total. The minimum Gasteiger partial charge on any atom is -0.382 e. The van der Waals surface area contributed by atoms with E-state index in [1.807, 2.05) is 6.07 Å². The summed E-state index contributed by atoms with van der Waals surface area (Å²) in [6.45, 7) is 4.59. The average Bonchev–Trinajstić information content (AvgIpc) is 2.37. The maximum absolute atomic E-state index is 13.2. The highest BCUT2D eigenvalue weighted by molar-refractivity contribution is 5.46. The highest BCUT2D eigenvalue weighted by atomic mass is 19.1. The molecular weight excluding hydrogens is 227 g/mol. The summed E-state index contributed by atoms with van der Waals surface area (Å²) in [4.78, 5) is 2.29. The van der Waals surface area contributed by atoms with Crippen LogP contribution in [0, 0.1) is 25.1 Å². The SMILES string of the molecule is C#CCN1CCC(Nc2ccc(F)c(C)c2)CC1. The molecule has 0 amide bonds. The number of aryl methyl sites for hydroxylation is 1. The van der Waals surface area contributed by atoms with Crippen LogP contribution in [0.25, 0.3) is 0 Å². The van der Waals surface area contributed by atoms with Gasteiger partial charge in [-0.05, 0) is 43.5 Å². The minimum atomic E-state index is -0.149. The van der Waals surface area contributed by atoms with Gasteiger partial charge in [-0.25, -0.2) is 4.39 Å². The summed E-state index contributed by atoms with van der Waals surface area (Å²) in [6.07, 6.45) is 7.47. The normalized spacial score (nSPS) is 17.4. The molecular formula is C15H19FN2. The first-order valence-electron chi connectivity index (χ1n) is 6.37. The quantitative estimate of drug-likeness (QED) is 0.825. The maximum Gasteiger partial charge on any atom is 0.126 e. The predicted molar refractivity (Wildman–Crippen MR) is 73.1 cm³/mol. The maximum atomic E-state index is 13.2. The molecule has 1 saturated heterocycles. The molecule has 1 aromatic carbocycles. The van der Waals surface area contributed by atoms with Gasteiger partial charge >= 0.3 is 0 Å². The van der Waals surface area contributed by atoms with Gasteiger partial charge in [0.15, 0.2) is 0 Å². The molecule has 1 aromatic rings. The highest BCUT2D eigenvalue weighted by Crippen LogP contribution is 2.18. The summed E-state index contributed by atoms with van der Waals surface area (Å²) < 4.78 is 13.2. The largest absolute Gasteiger partial charge is 0.382 e. The van der Waals surface area contributed by atoms with Crippen molar-refractivity contribution in [1.29, 1.82) is 0 Å². The molecule has 0 bridgehead atoms. The van der Waals surface area contributed by atoms with Crippen LogP contribution in [0.1, 0.15) is 18.4 Å². The smallest absolute Gasteiger partial charge is 0.126 e. The zero-order valence-corrected chi connectivity index (χ0v) is 10.7. The third-order valence-electron chi connectivity index (χ3n) is 3.43. The van der Waals surface area contributed by atoms with E-state index in [0.29, 0.717) is 11.6 Å². The molecule has 0 radical (unpaired) electrons. The van der Waals surface area contributed by atoms with Crippen LogP contribution < -0.4 is 5.32 Å². The fraction of sp³-hybridized carbons (Fsp3) is 0.467. The summed E-state index contributed by atoms with van der Waals surface area (Å²) in [7, 11) is 0. The Bertz CT molecular complexity index is 442. The number of likely N-dealkylation sites (tertiary alicyclic amines) is 1. The van der Waals surface area contributed by atoms with Crippen molar-refractivity contribution >= 4 is 5.69 Å². The van der Waals surface area contributed by atoms with Gasteiger partial charge in [-0.15, -0.1) is 6.42 Å². The molecule has 0 spiro atoms. The molecule has 0 unspecified atom stereocenters. The molecule has 1 aliphatic rings. The van der Waals surface area contributed by atoms with Crippen molar-refractivity contribution in [2.24, 2.45) is 0 Å². The van der Waals surface area contributed by atoms with Crippen LogP contribution in [0.3, 0.4) is 0 Å². The van der Waals surface area contributed by atoms with Crippen molar-refractivity contribution in [1.82, 2.24) is 4.90 Å². The van der Waals surface area contributed by atoms with Crippen molar-refractivity contribution < 1.29 is 4.39 Å². The monoisotopic (exact) mass is 246 g/mol. The first kappa shape index (κ1) is 12.9. The van der Waals surface area contributed by atoms with Crippen molar-refractivity contribution in [3.05, 3.63) is 29.6 Å². The second-order valence-electron chi connectivity index (χ2n) is 4.86. The van der Waals surface area contributed by atoms with E-state index in [1.54, 1.807) is 13.0 Å². The second kappa shape index (κ2) is 5.88. The van der Waals surface area contributed by atoms with Crippen LogP contribution in [0.5, 0.6) is 0 Å². The Hall–Kier alpha value is -1.53. The standard InChI is InChI=1S/C15H19FN2/c1-3-8-18-9-6-13(7-10-18)17-14-4-5-15(16)12(2)11-14/h1,4-5,11,13,17H,6-10H2,2H3. The number of nitrogens with zero attached hydrogens (tertiary/aromatic N) is 1. The Labute approximate surface area is 108 Å². The van der Waals surface area contributed by atoms with E-state index >= 15 is 0 Å². The van der Waals surface area contributed by atoms with E-state index in [2.05, 4.69) is 16.1 Å². The van der Waals surface area contributed by atoms with Gasteiger partial charge < -0.3 is 5.32 Å². The van der Waals surface area contributed by atoms with Crippen LogP contribution in [-0.4, -0.2) is 30.6 Å². The molecule has 2 nitrogen and oxygen atoms in total. The predicted octanol–water partition coefficient (Wildman–Crippen LogP) is 2.64. The molecule has 0 atom stereocenters. The number of nitrogens with one attached hydrogen (secondary N) is 1. The van der Waals surface area contributed by atoms with E-state index in [9.17, 15) is 4.39 Å². The fourth-order valence-electron chi connectivity index (χ4n) is 2.33. The molecule has 1 aliphatic heterocycles. The van der Waals surface area contributed by atoms with Crippen LogP contribution in [0.2, 0.25) is 0 Å². The van der Waals surface area contributed by atoms with Gasteiger partial charge in [-0.3, -0.25) is 4.90 Å². The van der Waals surface area contributed by atoms with Gasteiger partial charge in [0.2, 0.25) is 0 Å². The van der Waals surface area contributed by atoms with Crippen molar-refractivity contribution in [2.75, 3.05) is 25.0 Å². The lowest BCUT2D eigenvalue weighted by molar-refractivity contribution is 0.243. The van der Waals surface area contributed by atoms with E-state index in [1.165, 1.54) is 6.07 Å². The van der Waals surface area contributed by atoms with Crippen LogP contribution in [-0.2, 0) is 0 Å². The van der Waals surface area contributed by atoms with Gasteiger partial charge in [-0.1, -0.05) is 5.92 Å². The summed E-state index contributed by atoms with van der Waals surface area (Å²) in [5.41, 5.74) is 1.69. The minimum absolute atomic E-state index is 0.149. The molecule has 96 valence electrons. The number of halogens is 1. The summed E-state index contributed by atoms with van der Waals surface area (Å²) >= 11 is 0.